The van der Waals surface area contributed by atoms with Gasteiger partial charge in [-0.3, -0.25) is 9.59 Å². The summed E-state index contributed by atoms with van der Waals surface area (Å²) in [6.07, 6.45) is 0.00828. The predicted molar refractivity (Wildman–Crippen MR) is 100 cm³/mol. The molecule has 2 aromatic rings. The standard InChI is InChI=1S/C19H21F2NO4S/c1-11-10-16(18(25)13(3)27-9-8-17(23)24)12(2)22(11)14-4-6-15(7-5-14)26-19(20)21/h4-7,10,13,19H,8-9H2,1-3H3,(H,23,24)/t13-/m0/s1. The van der Waals surface area contributed by atoms with Crippen LogP contribution in [-0.2, 0) is 4.79 Å². The van der Waals surface area contributed by atoms with Gasteiger partial charge in [-0.05, 0) is 51.1 Å². The largest absolute Gasteiger partial charge is 0.481 e. The van der Waals surface area contributed by atoms with Crippen LogP contribution < -0.4 is 4.74 Å². The van der Waals surface area contributed by atoms with Crippen molar-refractivity contribution in [2.45, 2.75) is 39.1 Å². The predicted octanol–water partition coefficient (Wildman–Crippen LogP) is 4.47. The van der Waals surface area contributed by atoms with Crippen LogP contribution in [0.1, 0.15) is 35.1 Å². The van der Waals surface area contributed by atoms with Crippen LogP contribution in [0.15, 0.2) is 30.3 Å². The Kier molecular flexibility index (Phi) is 7.01. The lowest BCUT2D eigenvalue weighted by Gasteiger charge is -2.12. The highest BCUT2D eigenvalue weighted by Gasteiger charge is 2.22. The number of benzene rings is 1. The Balaban J connectivity index is 2.20. The van der Waals surface area contributed by atoms with E-state index in [9.17, 15) is 18.4 Å². The van der Waals surface area contributed by atoms with Crippen molar-refractivity contribution in [1.82, 2.24) is 4.57 Å². The zero-order valence-corrected chi connectivity index (χ0v) is 16.1. The number of carbonyl (C=O) groups is 2. The molecule has 0 aliphatic heterocycles. The van der Waals surface area contributed by atoms with Crippen molar-refractivity contribution in [1.29, 1.82) is 0 Å². The van der Waals surface area contributed by atoms with Gasteiger partial charge in [-0.1, -0.05) is 0 Å². The van der Waals surface area contributed by atoms with Crippen LogP contribution in [-0.4, -0.2) is 39.0 Å². The van der Waals surface area contributed by atoms with Gasteiger partial charge in [0, 0.05) is 28.4 Å². The Morgan fingerprint density at radius 2 is 1.85 bits per heavy atom. The molecule has 1 N–H and O–H groups in total. The molecule has 0 saturated heterocycles. The number of nitrogens with zero attached hydrogens (tertiary/aromatic N) is 1. The first-order valence-electron chi connectivity index (χ1n) is 8.32. The number of ketones is 1. The molecule has 0 amide bonds. The molecular formula is C19H21F2NO4S. The van der Waals surface area contributed by atoms with Gasteiger partial charge < -0.3 is 14.4 Å². The summed E-state index contributed by atoms with van der Waals surface area (Å²) in [5, 5.41) is 8.35. The number of hydrogen-bond acceptors (Lipinski definition) is 4. The molecular weight excluding hydrogens is 376 g/mol. The zero-order valence-electron chi connectivity index (χ0n) is 15.2. The maximum absolute atomic E-state index is 12.7. The lowest BCUT2D eigenvalue weighted by molar-refractivity contribution is -0.136. The zero-order chi connectivity index (χ0) is 20.1. The van der Waals surface area contributed by atoms with E-state index >= 15 is 0 Å². The van der Waals surface area contributed by atoms with Crippen LogP contribution >= 0.6 is 11.8 Å². The number of aryl methyl sites for hydroxylation is 1. The summed E-state index contributed by atoms with van der Waals surface area (Å²) in [5.41, 5.74) is 2.87. The number of rotatable bonds is 9. The highest BCUT2D eigenvalue weighted by Crippen LogP contribution is 2.26. The minimum atomic E-state index is -2.88. The highest BCUT2D eigenvalue weighted by atomic mass is 32.2. The number of hydrogen-bond donors (Lipinski definition) is 1. The molecule has 0 saturated carbocycles. The van der Waals surface area contributed by atoms with Crippen molar-refractivity contribution >= 4 is 23.5 Å². The van der Waals surface area contributed by atoms with Crippen LogP contribution in [0, 0.1) is 13.8 Å². The van der Waals surface area contributed by atoms with Crippen LogP contribution in [0.3, 0.4) is 0 Å². The number of aromatic nitrogens is 1. The quantitative estimate of drug-likeness (QED) is 0.632. The molecule has 2 rings (SSSR count). The molecule has 1 atom stereocenters. The second kappa shape index (κ2) is 9.03. The lowest BCUT2D eigenvalue weighted by atomic mass is 10.1. The maximum atomic E-state index is 12.7. The molecule has 0 aliphatic carbocycles. The summed E-state index contributed by atoms with van der Waals surface area (Å²) in [6.45, 7) is 2.56. The van der Waals surface area contributed by atoms with E-state index in [1.54, 1.807) is 25.1 Å². The molecule has 1 aromatic heterocycles. The number of carboxylic acid groups (broad SMARTS) is 1. The monoisotopic (exact) mass is 397 g/mol. The molecule has 146 valence electrons. The number of Topliss-reactive ketones (excluding diaryl/α,β-unsaturated/α-hetero) is 1. The van der Waals surface area contributed by atoms with Crippen molar-refractivity contribution in [2.24, 2.45) is 0 Å². The number of aliphatic carboxylic acids is 1. The average molecular weight is 397 g/mol. The summed E-state index contributed by atoms with van der Waals surface area (Å²) >= 11 is 1.31. The van der Waals surface area contributed by atoms with Crippen molar-refractivity contribution in [3.63, 3.8) is 0 Å². The van der Waals surface area contributed by atoms with Gasteiger partial charge in [0.05, 0.1) is 11.7 Å². The van der Waals surface area contributed by atoms with E-state index in [-0.39, 0.29) is 23.2 Å². The molecule has 0 bridgehead atoms. The van der Waals surface area contributed by atoms with Crippen molar-refractivity contribution in [3.8, 4) is 11.4 Å². The van der Waals surface area contributed by atoms with E-state index in [1.165, 1.54) is 23.9 Å². The first kappa shape index (κ1) is 21.0. The number of thioether (sulfide) groups is 1. The van der Waals surface area contributed by atoms with Crippen LogP contribution in [0.4, 0.5) is 8.78 Å². The Labute approximate surface area is 160 Å². The van der Waals surface area contributed by atoms with Gasteiger partial charge in [-0.15, -0.1) is 11.8 Å². The second-order valence-corrected chi connectivity index (χ2v) is 7.46. The SMILES string of the molecule is Cc1cc(C(=O)[C@H](C)SCCC(=O)O)c(C)n1-c1ccc(OC(F)F)cc1. The van der Waals surface area contributed by atoms with E-state index in [0.717, 1.165) is 17.1 Å². The summed E-state index contributed by atoms with van der Waals surface area (Å²) in [5.74, 6) is -0.523. The van der Waals surface area contributed by atoms with Gasteiger partial charge in [0.2, 0.25) is 0 Å². The third kappa shape index (κ3) is 5.32. The van der Waals surface area contributed by atoms with Gasteiger partial charge >= 0.3 is 12.6 Å². The van der Waals surface area contributed by atoms with Crippen molar-refractivity contribution in [3.05, 3.63) is 47.3 Å². The molecule has 0 aliphatic rings. The van der Waals surface area contributed by atoms with E-state index in [1.807, 2.05) is 18.4 Å². The summed E-state index contributed by atoms with van der Waals surface area (Å²) < 4.78 is 30.8. The summed E-state index contributed by atoms with van der Waals surface area (Å²) in [4.78, 5) is 23.3. The van der Waals surface area contributed by atoms with Crippen molar-refractivity contribution < 1.29 is 28.2 Å². The fourth-order valence-electron chi connectivity index (χ4n) is 2.80. The van der Waals surface area contributed by atoms with Gasteiger partial charge in [0.15, 0.2) is 5.78 Å². The van der Waals surface area contributed by atoms with Crippen LogP contribution in [0.2, 0.25) is 0 Å². The molecule has 27 heavy (non-hydrogen) atoms. The van der Waals surface area contributed by atoms with Crippen LogP contribution in [0.25, 0.3) is 5.69 Å². The van der Waals surface area contributed by atoms with Gasteiger partial charge in [0.25, 0.3) is 0 Å². The minimum absolute atomic E-state index is 0.00828. The number of carboxylic acids is 1. The molecule has 1 aromatic carbocycles. The first-order chi connectivity index (χ1) is 12.7. The fraction of sp³-hybridized carbons (Fsp3) is 0.368. The molecule has 8 heteroatoms. The highest BCUT2D eigenvalue weighted by molar-refractivity contribution is 8.00. The Hall–Kier alpha value is -2.35. The summed E-state index contributed by atoms with van der Waals surface area (Å²) in [6, 6.07) is 7.99. The number of alkyl halides is 2. The summed E-state index contributed by atoms with van der Waals surface area (Å²) in [7, 11) is 0. The van der Waals surface area contributed by atoms with E-state index < -0.39 is 12.6 Å². The molecule has 0 unspecified atom stereocenters. The van der Waals surface area contributed by atoms with Crippen molar-refractivity contribution in [2.75, 3.05) is 5.75 Å². The van der Waals surface area contributed by atoms with E-state index in [4.69, 9.17) is 5.11 Å². The van der Waals surface area contributed by atoms with E-state index in [2.05, 4.69) is 4.74 Å². The number of ether oxygens (including phenoxy) is 1. The number of halogens is 2. The molecule has 5 nitrogen and oxygen atoms in total. The van der Waals surface area contributed by atoms with Gasteiger partial charge in [-0.2, -0.15) is 8.78 Å². The average Bonchev–Trinajstić information content (AvgIpc) is 2.88. The molecule has 1 heterocycles. The normalized spacial score (nSPS) is 12.2. The third-order valence-electron chi connectivity index (χ3n) is 4.07. The smallest absolute Gasteiger partial charge is 0.387 e. The third-order valence-corrected chi connectivity index (χ3v) is 5.22. The minimum Gasteiger partial charge on any atom is -0.481 e. The Bertz CT molecular complexity index is 818. The molecule has 0 fully saturated rings. The number of carbonyl (C=O) groups excluding carboxylic acids is 1. The first-order valence-corrected chi connectivity index (χ1v) is 9.37. The van der Waals surface area contributed by atoms with Gasteiger partial charge in [0.1, 0.15) is 5.75 Å². The second-order valence-electron chi connectivity index (χ2n) is 6.01. The topological polar surface area (TPSA) is 68.5 Å². The van der Waals surface area contributed by atoms with E-state index in [0.29, 0.717) is 11.3 Å². The van der Waals surface area contributed by atoms with Gasteiger partial charge in [-0.25, -0.2) is 0 Å². The van der Waals surface area contributed by atoms with Crippen LogP contribution in [0.5, 0.6) is 5.75 Å². The Morgan fingerprint density at radius 1 is 1.22 bits per heavy atom. The molecule has 0 spiro atoms. The lowest BCUT2D eigenvalue weighted by Crippen LogP contribution is -2.15. The maximum Gasteiger partial charge on any atom is 0.387 e. The molecule has 0 radical (unpaired) electrons. The Morgan fingerprint density at radius 3 is 2.41 bits per heavy atom. The fourth-order valence-corrected chi connectivity index (χ4v) is 3.73.